The standard InChI is InChI=1S/C14H18N2O2/c1-18-13-4-2-3-12(9-13)14(17)16-10-11-5-7-15-8-6-11/h2-5,9,15H,6-8,10H2,1H3,(H,16,17). The summed E-state index contributed by atoms with van der Waals surface area (Å²) in [4.78, 5) is 11.9. The van der Waals surface area contributed by atoms with Crippen LogP contribution in [0.4, 0.5) is 0 Å². The first-order chi connectivity index (χ1) is 8.79. The monoisotopic (exact) mass is 246 g/mol. The third kappa shape index (κ3) is 3.34. The van der Waals surface area contributed by atoms with Gasteiger partial charge in [0.2, 0.25) is 0 Å². The molecule has 96 valence electrons. The van der Waals surface area contributed by atoms with Gasteiger partial charge in [-0.05, 0) is 31.2 Å². The van der Waals surface area contributed by atoms with Gasteiger partial charge in [0.15, 0.2) is 0 Å². The maximum absolute atomic E-state index is 11.9. The van der Waals surface area contributed by atoms with E-state index in [0.29, 0.717) is 17.9 Å². The highest BCUT2D eigenvalue weighted by Gasteiger charge is 2.08. The van der Waals surface area contributed by atoms with Crippen LogP contribution in [0.15, 0.2) is 35.9 Å². The molecular formula is C14H18N2O2. The van der Waals surface area contributed by atoms with Gasteiger partial charge in [-0.1, -0.05) is 17.7 Å². The van der Waals surface area contributed by atoms with Gasteiger partial charge in [0.25, 0.3) is 5.91 Å². The fraction of sp³-hybridized carbons (Fsp3) is 0.357. The van der Waals surface area contributed by atoms with Crippen LogP contribution in [-0.2, 0) is 0 Å². The van der Waals surface area contributed by atoms with Crippen molar-refractivity contribution in [2.24, 2.45) is 0 Å². The molecule has 0 fully saturated rings. The van der Waals surface area contributed by atoms with Crippen molar-refractivity contribution >= 4 is 5.91 Å². The molecule has 2 N–H and O–H groups in total. The molecular weight excluding hydrogens is 228 g/mol. The molecule has 0 atom stereocenters. The number of hydrogen-bond acceptors (Lipinski definition) is 3. The molecule has 0 unspecified atom stereocenters. The number of nitrogens with one attached hydrogen (secondary N) is 2. The molecule has 2 rings (SSSR count). The lowest BCUT2D eigenvalue weighted by Gasteiger charge is -2.14. The molecule has 0 aliphatic carbocycles. The van der Waals surface area contributed by atoms with Crippen molar-refractivity contribution in [3.63, 3.8) is 0 Å². The molecule has 4 heteroatoms. The van der Waals surface area contributed by atoms with E-state index in [1.807, 2.05) is 12.1 Å². The van der Waals surface area contributed by atoms with Crippen LogP contribution < -0.4 is 15.4 Å². The van der Waals surface area contributed by atoms with Crippen LogP contribution in [0, 0.1) is 0 Å². The first kappa shape index (κ1) is 12.6. The molecule has 0 aromatic heterocycles. The average Bonchev–Trinajstić information content (AvgIpc) is 2.46. The zero-order valence-electron chi connectivity index (χ0n) is 10.5. The number of amides is 1. The highest BCUT2D eigenvalue weighted by Crippen LogP contribution is 2.12. The van der Waals surface area contributed by atoms with Crippen molar-refractivity contribution in [2.45, 2.75) is 6.42 Å². The average molecular weight is 246 g/mol. The second-order valence-electron chi connectivity index (χ2n) is 4.23. The Bertz CT molecular complexity index is 455. The van der Waals surface area contributed by atoms with Gasteiger partial charge in [0.05, 0.1) is 7.11 Å². The summed E-state index contributed by atoms with van der Waals surface area (Å²) in [7, 11) is 1.59. The Kier molecular flexibility index (Phi) is 4.36. The van der Waals surface area contributed by atoms with Crippen molar-refractivity contribution in [1.82, 2.24) is 10.6 Å². The number of rotatable bonds is 4. The van der Waals surface area contributed by atoms with Crippen LogP contribution in [-0.4, -0.2) is 32.7 Å². The van der Waals surface area contributed by atoms with Gasteiger partial charge in [-0.2, -0.15) is 0 Å². The molecule has 0 saturated carbocycles. The van der Waals surface area contributed by atoms with Crippen molar-refractivity contribution in [1.29, 1.82) is 0 Å². The minimum atomic E-state index is -0.0617. The van der Waals surface area contributed by atoms with Crippen LogP contribution >= 0.6 is 0 Å². The molecule has 1 aromatic carbocycles. The van der Waals surface area contributed by atoms with Gasteiger partial charge < -0.3 is 15.4 Å². The lowest BCUT2D eigenvalue weighted by molar-refractivity contribution is 0.0956. The molecule has 0 saturated heterocycles. The predicted molar refractivity (Wildman–Crippen MR) is 70.9 cm³/mol. The topological polar surface area (TPSA) is 50.4 Å². The summed E-state index contributed by atoms with van der Waals surface area (Å²) in [6.45, 7) is 2.50. The molecule has 0 radical (unpaired) electrons. The first-order valence-corrected chi connectivity index (χ1v) is 6.10. The van der Waals surface area contributed by atoms with Gasteiger partial charge in [-0.15, -0.1) is 0 Å². The molecule has 1 aromatic rings. The maximum Gasteiger partial charge on any atom is 0.251 e. The summed E-state index contributed by atoms with van der Waals surface area (Å²) in [5.41, 5.74) is 1.91. The molecule has 1 amide bonds. The van der Waals surface area contributed by atoms with E-state index >= 15 is 0 Å². The van der Waals surface area contributed by atoms with Gasteiger partial charge in [0, 0.05) is 18.7 Å². The Morgan fingerprint density at radius 3 is 3.11 bits per heavy atom. The van der Waals surface area contributed by atoms with E-state index < -0.39 is 0 Å². The number of carbonyl (C=O) groups excluding carboxylic acids is 1. The molecule has 18 heavy (non-hydrogen) atoms. The SMILES string of the molecule is COc1cccc(C(=O)NCC2=CCNCC2)c1. The largest absolute Gasteiger partial charge is 0.497 e. The van der Waals surface area contributed by atoms with E-state index in [0.717, 1.165) is 19.5 Å². The van der Waals surface area contributed by atoms with Crippen molar-refractivity contribution in [2.75, 3.05) is 26.7 Å². The first-order valence-electron chi connectivity index (χ1n) is 6.10. The third-order valence-electron chi connectivity index (χ3n) is 2.97. The van der Waals surface area contributed by atoms with E-state index in [2.05, 4.69) is 16.7 Å². The van der Waals surface area contributed by atoms with Gasteiger partial charge >= 0.3 is 0 Å². The van der Waals surface area contributed by atoms with Crippen molar-refractivity contribution in [3.05, 3.63) is 41.5 Å². The Balaban J connectivity index is 1.92. The van der Waals surface area contributed by atoms with Gasteiger partial charge in [0.1, 0.15) is 5.75 Å². The Morgan fingerprint density at radius 1 is 1.50 bits per heavy atom. The number of hydrogen-bond donors (Lipinski definition) is 2. The number of benzene rings is 1. The number of methoxy groups -OCH3 is 1. The normalized spacial score (nSPS) is 14.8. The van der Waals surface area contributed by atoms with Gasteiger partial charge in [-0.3, -0.25) is 4.79 Å². The van der Waals surface area contributed by atoms with E-state index in [-0.39, 0.29) is 5.91 Å². The Morgan fingerprint density at radius 2 is 2.39 bits per heavy atom. The molecule has 1 aliphatic rings. The second-order valence-corrected chi connectivity index (χ2v) is 4.23. The second kappa shape index (κ2) is 6.21. The molecule has 0 bridgehead atoms. The minimum Gasteiger partial charge on any atom is -0.497 e. The number of ether oxygens (including phenoxy) is 1. The maximum atomic E-state index is 11.9. The summed E-state index contributed by atoms with van der Waals surface area (Å²) < 4.78 is 5.10. The highest BCUT2D eigenvalue weighted by atomic mass is 16.5. The zero-order valence-corrected chi connectivity index (χ0v) is 10.5. The Labute approximate surface area is 107 Å². The molecule has 0 spiro atoms. The zero-order chi connectivity index (χ0) is 12.8. The van der Waals surface area contributed by atoms with E-state index in [4.69, 9.17) is 4.74 Å². The van der Waals surface area contributed by atoms with Crippen molar-refractivity contribution < 1.29 is 9.53 Å². The minimum absolute atomic E-state index is 0.0617. The molecule has 1 aliphatic heterocycles. The Hall–Kier alpha value is -1.81. The van der Waals surface area contributed by atoms with E-state index in [1.54, 1.807) is 19.2 Å². The summed E-state index contributed by atoms with van der Waals surface area (Å²) in [6, 6.07) is 7.17. The fourth-order valence-corrected chi connectivity index (χ4v) is 1.89. The fourth-order valence-electron chi connectivity index (χ4n) is 1.89. The summed E-state index contributed by atoms with van der Waals surface area (Å²) in [6.07, 6.45) is 3.13. The number of carbonyl (C=O) groups is 1. The van der Waals surface area contributed by atoms with Crippen LogP contribution in [0.5, 0.6) is 5.75 Å². The molecule has 1 heterocycles. The van der Waals surface area contributed by atoms with Crippen LogP contribution in [0.3, 0.4) is 0 Å². The predicted octanol–water partition coefficient (Wildman–Crippen LogP) is 1.34. The molecule has 4 nitrogen and oxygen atoms in total. The van der Waals surface area contributed by atoms with Crippen LogP contribution in [0.1, 0.15) is 16.8 Å². The van der Waals surface area contributed by atoms with Crippen LogP contribution in [0.25, 0.3) is 0 Å². The summed E-state index contributed by atoms with van der Waals surface area (Å²) >= 11 is 0. The lowest BCUT2D eigenvalue weighted by Crippen LogP contribution is -2.29. The summed E-state index contributed by atoms with van der Waals surface area (Å²) in [5, 5.41) is 6.17. The quantitative estimate of drug-likeness (QED) is 0.788. The highest BCUT2D eigenvalue weighted by molar-refractivity contribution is 5.94. The van der Waals surface area contributed by atoms with E-state index in [1.165, 1.54) is 5.57 Å². The smallest absolute Gasteiger partial charge is 0.251 e. The van der Waals surface area contributed by atoms with Crippen molar-refractivity contribution in [3.8, 4) is 5.75 Å². The lowest BCUT2D eigenvalue weighted by atomic mass is 10.1. The summed E-state index contributed by atoms with van der Waals surface area (Å²) in [5.74, 6) is 0.636. The third-order valence-corrected chi connectivity index (χ3v) is 2.97. The van der Waals surface area contributed by atoms with E-state index in [9.17, 15) is 4.79 Å². The van der Waals surface area contributed by atoms with Gasteiger partial charge in [-0.25, -0.2) is 0 Å². The van der Waals surface area contributed by atoms with Crippen LogP contribution in [0.2, 0.25) is 0 Å².